The minimum Gasteiger partial charge on any atom is -0.391 e. The van der Waals surface area contributed by atoms with Crippen LogP contribution >= 0.6 is 0 Å². The van der Waals surface area contributed by atoms with Crippen LogP contribution in [0.2, 0.25) is 0 Å². The van der Waals surface area contributed by atoms with E-state index in [1.807, 2.05) is 6.92 Å². The molecule has 8 nitrogen and oxygen atoms in total. The van der Waals surface area contributed by atoms with Crippen LogP contribution in [0.5, 0.6) is 0 Å². The van der Waals surface area contributed by atoms with Crippen LogP contribution < -0.4 is 22.1 Å². The highest BCUT2D eigenvalue weighted by Crippen LogP contribution is 2.00. The van der Waals surface area contributed by atoms with Crippen molar-refractivity contribution in [3.8, 4) is 0 Å². The van der Waals surface area contributed by atoms with Gasteiger partial charge in [0, 0.05) is 38.0 Å². The third kappa shape index (κ3) is 13.2. The van der Waals surface area contributed by atoms with E-state index in [9.17, 15) is 14.7 Å². The number of nitrogens with two attached hydrogens (primary N) is 2. The molecule has 2 amide bonds. The van der Waals surface area contributed by atoms with Gasteiger partial charge < -0.3 is 27.2 Å². The van der Waals surface area contributed by atoms with Crippen molar-refractivity contribution in [2.45, 2.75) is 38.3 Å². The van der Waals surface area contributed by atoms with Crippen molar-refractivity contribution < 1.29 is 14.7 Å². The van der Waals surface area contributed by atoms with Crippen LogP contribution in [0.4, 0.5) is 0 Å². The second kappa shape index (κ2) is 12.4. The van der Waals surface area contributed by atoms with Gasteiger partial charge in [-0.3, -0.25) is 15.0 Å². The zero-order chi connectivity index (χ0) is 17.7. The van der Waals surface area contributed by atoms with Crippen LogP contribution in [0.15, 0.2) is 24.3 Å². The first kappa shape index (κ1) is 20.8. The average Bonchev–Trinajstić information content (AvgIpc) is 2.44. The predicted molar refractivity (Wildman–Crippen MR) is 89.7 cm³/mol. The number of aliphatic hydroxyl groups excluding tert-OH is 1. The molecule has 0 rings (SSSR count). The third-order valence-electron chi connectivity index (χ3n) is 2.80. The molecule has 0 radical (unpaired) electrons. The van der Waals surface area contributed by atoms with Gasteiger partial charge in [-0.25, -0.2) is 0 Å². The summed E-state index contributed by atoms with van der Waals surface area (Å²) in [6.07, 6.45) is 6.18. The third-order valence-corrected chi connectivity index (χ3v) is 2.80. The SMILES string of the molecule is C/C=C/C=C/C(=O)NC[C@H](O)C[C@@H](N)CC(=O)NCCC(=N)N. The lowest BCUT2D eigenvalue weighted by Crippen LogP contribution is -2.38. The Balaban J connectivity index is 3.91. The van der Waals surface area contributed by atoms with E-state index in [2.05, 4.69) is 10.6 Å². The minimum absolute atomic E-state index is 0.00393. The maximum Gasteiger partial charge on any atom is 0.244 e. The van der Waals surface area contributed by atoms with E-state index in [-0.39, 0.29) is 50.0 Å². The summed E-state index contributed by atoms with van der Waals surface area (Å²) >= 11 is 0. The molecule has 130 valence electrons. The van der Waals surface area contributed by atoms with Crippen LogP contribution in [0, 0.1) is 5.41 Å². The zero-order valence-electron chi connectivity index (χ0n) is 13.4. The molecule has 0 aromatic rings. The highest BCUT2D eigenvalue weighted by atomic mass is 16.3. The second-order valence-corrected chi connectivity index (χ2v) is 5.11. The summed E-state index contributed by atoms with van der Waals surface area (Å²) < 4.78 is 0. The first-order valence-electron chi connectivity index (χ1n) is 7.45. The summed E-state index contributed by atoms with van der Waals surface area (Å²) in [5.74, 6) is -0.564. The van der Waals surface area contributed by atoms with E-state index in [0.29, 0.717) is 0 Å². The smallest absolute Gasteiger partial charge is 0.244 e. The molecule has 0 unspecified atom stereocenters. The lowest BCUT2D eigenvalue weighted by atomic mass is 10.1. The van der Waals surface area contributed by atoms with Crippen LogP contribution in [-0.4, -0.2) is 48.0 Å². The monoisotopic (exact) mass is 325 g/mol. The maximum absolute atomic E-state index is 11.6. The van der Waals surface area contributed by atoms with Crippen molar-refractivity contribution in [3.05, 3.63) is 24.3 Å². The molecule has 0 fully saturated rings. The molecule has 0 saturated carbocycles. The first-order valence-corrected chi connectivity index (χ1v) is 7.45. The van der Waals surface area contributed by atoms with Gasteiger partial charge in [0.25, 0.3) is 0 Å². The van der Waals surface area contributed by atoms with Gasteiger partial charge in [0.1, 0.15) is 0 Å². The van der Waals surface area contributed by atoms with Crippen LogP contribution in [0.1, 0.15) is 26.2 Å². The molecule has 0 saturated heterocycles. The summed E-state index contributed by atoms with van der Waals surface area (Å²) in [5.41, 5.74) is 11.0. The van der Waals surface area contributed by atoms with Gasteiger partial charge in [-0.2, -0.15) is 0 Å². The number of allylic oxidation sites excluding steroid dienone is 3. The Bertz CT molecular complexity index is 448. The maximum atomic E-state index is 11.6. The summed E-state index contributed by atoms with van der Waals surface area (Å²) in [5, 5.41) is 22.0. The van der Waals surface area contributed by atoms with Crippen molar-refractivity contribution >= 4 is 17.6 Å². The van der Waals surface area contributed by atoms with Crippen molar-refractivity contribution in [1.29, 1.82) is 5.41 Å². The van der Waals surface area contributed by atoms with E-state index in [1.54, 1.807) is 18.2 Å². The second-order valence-electron chi connectivity index (χ2n) is 5.11. The largest absolute Gasteiger partial charge is 0.391 e. The molecule has 23 heavy (non-hydrogen) atoms. The molecule has 0 spiro atoms. The molecule has 0 aliphatic heterocycles. The Labute approximate surface area is 136 Å². The van der Waals surface area contributed by atoms with Gasteiger partial charge in [-0.05, 0) is 13.3 Å². The number of hydrogen-bond donors (Lipinski definition) is 6. The van der Waals surface area contributed by atoms with Gasteiger partial charge in [0.05, 0.1) is 11.9 Å². The van der Waals surface area contributed by atoms with Gasteiger partial charge in [0.2, 0.25) is 11.8 Å². The Morgan fingerprint density at radius 3 is 2.61 bits per heavy atom. The van der Waals surface area contributed by atoms with Crippen LogP contribution in [0.25, 0.3) is 0 Å². The summed E-state index contributed by atoms with van der Waals surface area (Å²) in [6, 6.07) is -0.516. The molecule has 0 aliphatic carbocycles. The average molecular weight is 325 g/mol. The van der Waals surface area contributed by atoms with E-state index >= 15 is 0 Å². The summed E-state index contributed by atoms with van der Waals surface area (Å²) in [6.45, 7) is 2.19. The Hall–Kier alpha value is -2.19. The fraction of sp³-hybridized carbons (Fsp3) is 0.533. The molecule has 0 aliphatic rings. The van der Waals surface area contributed by atoms with Crippen LogP contribution in [-0.2, 0) is 9.59 Å². The lowest BCUT2D eigenvalue weighted by molar-refractivity contribution is -0.121. The molecule has 0 aromatic heterocycles. The number of carbonyl (C=O) groups excluding carboxylic acids is 2. The van der Waals surface area contributed by atoms with Gasteiger partial charge in [-0.15, -0.1) is 0 Å². The molecule has 0 aromatic carbocycles. The molecule has 8 N–H and O–H groups in total. The number of amides is 2. The Kier molecular flexibility index (Phi) is 11.2. The van der Waals surface area contributed by atoms with E-state index < -0.39 is 12.1 Å². The van der Waals surface area contributed by atoms with Crippen molar-refractivity contribution in [3.63, 3.8) is 0 Å². The van der Waals surface area contributed by atoms with Crippen molar-refractivity contribution in [2.75, 3.05) is 13.1 Å². The molecular weight excluding hydrogens is 298 g/mol. The fourth-order valence-electron chi connectivity index (χ4n) is 1.69. The number of hydrogen-bond acceptors (Lipinski definition) is 5. The number of nitrogens with one attached hydrogen (secondary N) is 3. The molecule has 0 heterocycles. The van der Waals surface area contributed by atoms with Crippen molar-refractivity contribution in [2.24, 2.45) is 11.5 Å². The molecular formula is C15H27N5O3. The van der Waals surface area contributed by atoms with E-state index in [0.717, 1.165) is 0 Å². The number of aliphatic hydroxyl groups is 1. The van der Waals surface area contributed by atoms with Crippen LogP contribution in [0.3, 0.4) is 0 Å². The molecule has 8 heteroatoms. The number of carbonyl (C=O) groups is 2. The van der Waals surface area contributed by atoms with Gasteiger partial charge >= 0.3 is 0 Å². The highest BCUT2D eigenvalue weighted by molar-refractivity contribution is 5.87. The van der Waals surface area contributed by atoms with Gasteiger partial charge in [-0.1, -0.05) is 18.2 Å². The first-order chi connectivity index (χ1) is 10.8. The number of amidine groups is 1. The highest BCUT2D eigenvalue weighted by Gasteiger charge is 2.14. The summed E-state index contributed by atoms with van der Waals surface area (Å²) in [4.78, 5) is 23.0. The Morgan fingerprint density at radius 2 is 2.00 bits per heavy atom. The standard InChI is InChI=1S/C15H27N5O3/c1-2-3-4-5-14(22)20-10-12(21)8-11(16)9-15(23)19-7-6-13(17)18/h2-5,11-12,21H,6-10,16H2,1H3,(H3,17,18)(H,19,23)(H,20,22)/b3-2+,5-4+/t11-,12-/m1/s1. The minimum atomic E-state index is -0.825. The lowest BCUT2D eigenvalue weighted by Gasteiger charge is -2.16. The number of rotatable bonds is 11. The molecule has 2 atom stereocenters. The predicted octanol–water partition coefficient (Wildman–Crippen LogP) is -0.854. The molecule has 0 bridgehead atoms. The van der Waals surface area contributed by atoms with Gasteiger partial charge in [0.15, 0.2) is 0 Å². The normalized spacial score (nSPS) is 13.9. The Morgan fingerprint density at radius 1 is 1.30 bits per heavy atom. The zero-order valence-corrected chi connectivity index (χ0v) is 13.4. The van der Waals surface area contributed by atoms with E-state index in [4.69, 9.17) is 16.9 Å². The summed E-state index contributed by atoms with van der Waals surface area (Å²) in [7, 11) is 0. The van der Waals surface area contributed by atoms with Crippen molar-refractivity contribution in [1.82, 2.24) is 10.6 Å². The topological polar surface area (TPSA) is 154 Å². The fourth-order valence-corrected chi connectivity index (χ4v) is 1.69. The quantitative estimate of drug-likeness (QED) is 0.126. The van der Waals surface area contributed by atoms with E-state index in [1.165, 1.54) is 6.08 Å².